The van der Waals surface area contributed by atoms with Crippen LogP contribution in [0.2, 0.25) is 5.02 Å². The molecule has 0 spiro atoms. The van der Waals surface area contributed by atoms with Crippen molar-refractivity contribution in [3.63, 3.8) is 0 Å². The molecular weight excluding hydrogens is 257 g/mol. The van der Waals surface area contributed by atoms with E-state index in [9.17, 15) is 8.42 Å². The Morgan fingerprint density at radius 2 is 1.93 bits per heavy atom. The zero-order valence-corrected chi connectivity index (χ0v) is 9.64. The molecule has 6 heteroatoms. The van der Waals surface area contributed by atoms with Gasteiger partial charge in [-0.05, 0) is 24.3 Å². The number of benzene rings is 1. The molecule has 0 saturated carbocycles. The minimum Gasteiger partial charge on any atom is -0.256 e. The summed E-state index contributed by atoms with van der Waals surface area (Å²) in [5, 5.41) is 0.969. The molecular formula is C9H5Cl2NO2S. The highest BCUT2D eigenvalue weighted by molar-refractivity contribution is 8.14. The van der Waals surface area contributed by atoms with Gasteiger partial charge in [0.2, 0.25) is 0 Å². The fraction of sp³-hybridized carbons (Fsp3) is 0. The van der Waals surface area contributed by atoms with Crippen molar-refractivity contribution in [2.24, 2.45) is 0 Å². The van der Waals surface area contributed by atoms with Gasteiger partial charge in [-0.25, -0.2) is 8.42 Å². The van der Waals surface area contributed by atoms with E-state index in [1.807, 2.05) is 0 Å². The van der Waals surface area contributed by atoms with Gasteiger partial charge in [0.1, 0.15) is 0 Å². The predicted octanol–water partition coefficient (Wildman–Crippen LogP) is 2.82. The molecule has 0 bridgehead atoms. The number of hydrogen-bond acceptors (Lipinski definition) is 3. The summed E-state index contributed by atoms with van der Waals surface area (Å²) in [4.78, 5) is 4.06. The van der Waals surface area contributed by atoms with Crippen LogP contribution in [0.3, 0.4) is 0 Å². The third-order valence-corrected chi connectivity index (χ3v) is 3.54. The molecule has 2 aromatic rings. The van der Waals surface area contributed by atoms with Crippen LogP contribution in [0.15, 0.2) is 35.4 Å². The van der Waals surface area contributed by atoms with E-state index in [1.54, 1.807) is 18.2 Å². The number of rotatable bonds is 1. The van der Waals surface area contributed by atoms with Crippen molar-refractivity contribution >= 4 is 42.2 Å². The van der Waals surface area contributed by atoms with Gasteiger partial charge >= 0.3 is 0 Å². The standard InChI is InChI=1S/C9H5Cl2NO2S/c10-6-1-2-7-8(5-6)12-4-3-9(7)15(11,13)14/h1-5H. The summed E-state index contributed by atoms with van der Waals surface area (Å²) in [6.07, 6.45) is 1.38. The minimum atomic E-state index is -3.75. The quantitative estimate of drug-likeness (QED) is 0.742. The largest absolute Gasteiger partial charge is 0.262 e. The Morgan fingerprint density at radius 1 is 1.20 bits per heavy atom. The number of nitrogens with zero attached hydrogens (tertiary/aromatic N) is 1. The van der Waals surface area contributed by atoms with Crippen molar-refractivity contribution < 1.29 is 8.42 Å². The molecule has 0 aliphatic rings. The van der Waals surface area contributed by atoms with Gasteiger partial charge < -0.3 is 0 Å². The molecule has 1 aromatic heterocycles. The van der Waals surface area contributed by atoms with Crippen LogP contribution in [0.5, 0.6) is 0 Å². The Morgan fingerprint density at radius 3 is 2.60 bits per heavy atom. The topological polar surface area (TPSA) is 47.0 Å². The highest BCUT2D eigenvalue weighted by atomic mass is 35.7. The van der Waals surface area contributed by atoms with Crippen LogP contribution >= 0.6 is 22.3 Å². The lowest BCUT2D eigenvalue weighted by Crippen LogP contribution is -1.93. The van der Waals surface area contributed by atoms with E-state index >= 15 is 0 Å². The van der Waals surface area contributed by atoms with Crippen molar-refractivity contribution in [3.8, 4) is 0 Å². The molecule has 1 aromatic carbocycles. The molecule has 2 rings (SSSR count). The minimum absolute atomic E-state index is 0.0471. The molecule has 0 unspecified atom stereocenters. The van der Waals surface area contributed by atoms with E-state index in [4.69, 9.17) is 22.3 Å². The lowest BCUT2D eigenvalue weighted by Gasteiger charge is -2.02. The van der Waals surface area contributed by atoms with E-state index in [1.165, 1.54) is 12.3 Å². The molecule has 0 fully saturated rings. The van der Waals surface area contributed by atoms with Crippen LogP contribution in [-0.4, -0.2) is 13.4 Å². The number of fused-ring (bicyclic) bond motifs is 1. The highest BCUT2D eigenvalue weighted by Gasteiger charge is 2.14. The van der Waals surface area contributed by atoms with Crippen molar-refractivity contribution in [1.82, 2.24) is 4.98 Å². The van der Waals surface area contributed by atoms with Crippen molar-refractivity contribution in [2.45, 2.75) is 4.90 Å². The Labute approximate surface area is 96.1 Å². The fourth-order valence-electron chi connectivity index (χ4n) is 1.31. The SMILES string of the molecule is O=S(=O)(Cl)c1ccnc2cc(Cl)ccc12. The lowest BCUT2D eigenvalue weighted by molar-refractivity contribution is 0.610. The van der Waals surface area contributed by atoms with Crippen molar-refractivity contribution in [2.75, 3.05) is 0 Å². The Hall–Kier alpha value is -0.840. The Balaban J connectivity index is 2.89. The first-order valence-electron chi connectivity index (χ1n) is 3.97. The summed E-state index contributed by atoms with van der Waals surface area (Å²) in [6.45, 7) is 0. The summed E-state index contributed by atoms with van der Waals surface area (Å²) >= 11 is 5.76. The fourth-order valence-corrected chi connectivity index (χ4v) is 2.54. The Kier molecular flexibility index (Phi) is 2.58. The third kappa shape index (κ3) is 2.07. The second-order valence-electron chi connectivity index (χ2n) is 2.91. The maximum Gasteiger partial charge on any atom is 0.262 e. The second kappa shape index (κ2) is 3.63. The van der Waals surface area contributed by atoms with Gasteiger partial charge in [-0.2, -0.15) is 0 Å². The molecule has 0 N–H and O–H groups in total. The molecule has 0 atom stereocenters. The summed E-state index contributed by atoms with van der Waals surface area (Å²) in [5.74, 6) is 0. The highest BCUT2D eigenvalue weighted by Crippen LogP contribution is 2.26. The average molecular weight is 262 g/mol. The van der Waals surface area contributed by atoms with Gasteiger partial charge in [-0.3, -0.25) is 4.98 Å². The van der Waals surface area contributed by atoms with E-state index < -0.39 is 9.05 Å². The molecule has 0 aliphatic carbocycles. The first-order chi connectivity index (χ1) is 6.98. The van der Waals surface area contributed by atoms with Crippen LogP contribution < -0.4 is 0 Å². The smallest absolute Gasteiger partial charge is 0.256 e. The van der Waals surface area contributed by atoms with Crippen LogP contribution in [0, 0.1) is 0 Å². The molecule has 0 aliphatic heterocycles. The zero-order chi connectivity index (χ0) is 11.1. The van der Waals surface area contributed by atoms with Crippen LogP contribution in [-0.2, 0) is 9.05 Å². The molecule has 0 radical (unpaired) electrons. The summed E-state index contributed by atoms with van der Waals surface area (Å²) in [5.41, 5.74) is 0.504. The number of aromatic nitrogens is 1. The first kappa shape index (κ1) is 10.7. The molecule has 3 nitrogen and oxygen atoms in total. The van der Waals surface area contributed by atoms with E-state index in [2.05, 4.69) is 4.98 Å². The van der Waals surface area contributed by atoms with E-state index in [0.29, 0.717) is 15.9 Å². The molecule has 0 amide bonds. The number of hydrogen-bond donors (Lipinski definition) is 0. The van der Waals surface area contributed by atoms with Crippen LogP contribution in [0.4, 0.5) is 0 Å². The van der Waals surface area contributed by atoms with Crippen molar-refractivity contribution in [3.05, 3.63) is 35.5 Å². The molecule has 15 heavy (non-hydrogen) atoms. The zero-order valence-electron chi connectivity index (χ0n) is 7.31. The van der Waals surface area contributed by atoms with Crippen LogP contribution in [0.25, 0.3) is 10.9 Å². The van der Waals surface area contributed by atoms with Gasteiger partial charge in [-0.1, -0.05) is 11.6 Å². The summed E-state index contributed by atoms with van der Waals surface area (Å²) in [6, 6.07) is 6.12. The van der Waals surface area contributed by atoms with E-state index in [-0.39, 0.29) is 4.90 Å². The molecule has 1 heterocycles. The number of pyridine rings is 1. The second-order valence-corrected chi connectivity index (χ2v) is 5.88. The Bertz CT molecular complexity index is 625. The van der Waals surface area contributed by atoms with Gasteiger partial charge in [0.05, 0.1) is 10.4 Å². The van der Waals surface area contributed by atoms with E-state index in [0.717, 1.165) is 0 Å². The van der Waals surface area contributed by atoms with Gasteiger partial charge in [0.25, 0.3) is 9.05 Å². The van der Waals surface area contributed by atoms with Crippen molar-refractivity contribution in [1.29, 1.82) is 0 Å². The van der Waals surface area contributed by atoms with Gasteiger partial charge in [0, 0.05) is 27.3 Å². The monoisotopic (exact) mass is 261 g/mol. The molecule has 0 saturated heterocycles. The van der Waals surface area contributed by atoms with Gasteiger partial charge in [-0.15, -0.1) is 0 Å². The third-order valence-electron chi connectivity index (χ3n) is 1.93. The summed E-state index contributed by atoms with van der Waals surface area (Å²) in [7, 11) is 1.54. The van der Waals surface area contributed by atoms with Crippen LogP contribution in [0.1, 0.15) is 0 Å². The maximum atomic E-state index is 11.2. The first-order valence-corrected chi connectivity index (χ1v) is 6.66. The predicted molar refractivity (Wildman–Crippen MR) is 59.8 cm³/mol. The normalized spacial score (nSPS) is 11.9. The lowest BCUT2D eigenvalue weighted by atomic mass is 10.2. The number of halogens is 2. The summed E-state index contributed by atoms with van der Waals surface area (Å²) < 4.78 is 22.5. The average Bonchev–Trinajstić information content (AvgIpc) is 2.15. The molecule has 78 valence electrons. The van der Waals surface area contributed by atoms with Gasteiger partial charge in [0.15, 0.2) is 0 Å². The maximum absolute atomic E-state index is 11.2.